The molecular formula is C14H17Cl2N3O2. The molecule has 21 heavy (non-hydrogen) atoms. The standard InChI is InChI=1S/C14H17Cl2N3O2/c1-3-11(17)5-9-4-10(15)6-12(16)14(9)20-7-13-18-8(2)21-19-13/h4,6,11H,3,5,7,17H2,1-2H3. The van der Waals surface area contributed by atoms with Gasteiger partial charge >= 0.3 is 0 Å². The van der Waals surface area contributed by atoms with E-state index in [1.54, 1.807) is 13.0 Å². The summed E-state index contributed by atoms with van der Waals surface area (Å²) >= 11 is 12.3. The van der Waals surface area contributed by atoms with Crippen molar-refractivity contribution in [3.05, 3.63) is 39.5 Å². The Labute approximate surface area is 133 Å². The normalized spacial score (nSPS) is 12.4. The van der Waals surface area contributed by atoms with Gasteiger partial charge in [0.2, 0.25) is 11.7 Å². The minimum Gasteiger partial charge on any atom is -0.484 e. The Hall–Kier alpha value is -1.30. The maximum Gasteiger partial charge on any atom is 0.223 e. The molecule has 0 aliphatic heterocycles. The van der Waals surface area contributed by atoms with Gasteiger partial charge in [0.05, 0.1) is 5.02 Å². The molecule has 1 unspecified atom stereocenters. The first kappa shape index (κ1) is 16.1. The molecule has 114 valence electrons. The summed E-state index contributed by atoms with van der Waals surface area (Å²) in [6.45, 7) is 3.92. The zero-order valence-corrected chi connectivity index (χ0v) is 13.4. The van der Waals surface area contributed by atoms with E-state index in [2.05, 4.69) is 10.1 Å². The SMILES string of the molecule is CCC(N)Cc1cc(Cl)cc(Cl)c1OCc1noc(C)n1. The number of ether oxygens (including phenoxy) is 1. The molecule has 0 amide bonds. The molecule has 0 radical (unpaired) electrons. The minimum absolute atomic E-state index is 0.0225. The largest absolute Gasteiger partial charge is 0.484 e. The number of hydrogen-bond acceptors (Lipinski definition) is 5. The number of nitrogens with zero attached hydrogens (tertiary/aromatic N) is 2. The third kappa shape index (κ3) is 4.33. The monoisotopic (exact) mass is 329 g/mol. The van der Waals surface area contributed by atoms with Crippen molar-refractivity contribution >= 4 is 23.2 Å². The summed E-state index contributed by atoms with van der Waals surface area (Å²) in [5.41, 5.74) is 6.88. The second-order valence-electron chi connectivity index (χ2n) is 4.77. The Morgan fingerprint density at radius 3 is 2.76 bits per heavy atom. The first-order valence-electron chi connectivity index (χ1n) is 6.65. The van der Waals surface area contributed by atoms with Crippen LogP contribution in [0.5, 0.6) is 5.75 Å². The van der Waals surface area contributed by atoms with Gasteiger partial charge in [-0.1, -0.05) is 35.3 Å². The highest BCUT2D eigenvalue weighted by molar-refractivity contribution is 6.35. The first-order chi connectivity index (χ1) is 9.99. The molecule has 2 aromatic rings. The molecular weight excluding hydrogens is 313 g/mol. The van der Waals surface area contributed by atoms with Crippen molar-refractivity contribution in [3.8, 4) is 5.75 Å². The van der Waals surface area contributed by atoms with E-state index < -0.39 is 0 Å². The Kier molecular flexibility index (Phi) is 5.45. The van der Waals surface area contributed by atoms with E-state index in [0.29, 0.717) is 33.9 Å². The fraction of sp³-hybridized carbons (Fsp3) is 0.429. The van der Waals surface area contributed by atoms with E-state index in [0.717, 1.165) is 12.0 Å². The summed E-state index contributed by atoms with van der Waals surface area (Å²) < 4.78 is 10.6. The second kappa shape index (κ2) is 7.11. The van der Waals surface area contributed by atoms with Crippen molar-refractivity contribution < 1.29 is 9.26 Å². The van der Waals surface area contributed by atoms with Crippen LogP contribution in [-0.2, 0) is 13.0 Å². The van der Waals surface area contributed by atoms with Crippen LogP contribution in [0.25, 0.3) is 0 Å². The quantitative estimate of drug-likeness (QED) is 0.877. The Balaban J connectivity index is 2.19. The maximum absolute atomic E-state index is 6.22. The molecule has 1 heterocycles. The molecule has 0 saturated heterocycles. The molecule has 0 aliphatic carbocycles. The molecule has 0 aliphatic rings. The van der Waals surface area contributed by atoms with Crippen molar-refractivity contribution in [1.82, 2.24) is 10.1 Å². The number of nitrogens with two attached hydrogens (primary N) is 1. The van der Waals surface area contributed by atoms with Crippen molar-refractivity contribution in [2.45, 2.75) is 39.3 Å². The third-order valence-electron chi connectivity index (χ3n) is 3.01. The van der Waals surface area contributed by atoms with Crippen molar-refractivity contribution in [2.75, 3.05) is 0 Å². The fourth-order valence-electron chi connectivity index (χ4n) is 1.89. The molecule has 7 heteroatoms. The van der Waals surface area contributed by atoms with E-state index >= 15 is 0 Å². The van der Waals surface area contributed by atoms with Crippen molar-refractivity contribution in [3.63, 3.8) is 0 Å². The summed E-state index contributed by atoms with van der Waals surface area (Å²) in [7, 11) is 0. The smallest absolute Gasteiger partial charge is 0.223 e. The topological polar surface area (TPSA) is 74.2 Å². The molecule has 1 atom stereocenters. The second-order valence-corrected chi connectivity index (χ2v) is 5.61. The number of hydrogen-bond donors (Lipinski definition) is 1. The summed E-state index contributed by atoms with van der Waals surface area (Å²) in [6, 6.07) is 3.48. The van der Waals surface area contributed by atoms with Crippen LogP contribution in [0.3, 0.4) is 0 Å². The number of aryl methyl sites for hydroxylation is 1. The van der Waals surface area contributed by atoms with E-state index in [4.69, 9.17) is 38.2 Å². The van der Waals surface area contributed by atoms with Gasteiger partial charge in [0, 0.05) is 18.0 Å². The molecule has 0 bridgehead atoms. The van der Waals surface area contributed by atoms with Gasteiger partial charge in [-0.3, -0.25) is 0 Å². The maximum atomic E-state index is 6.22. The van der Waals surface area contributed by atoms with Gasteiger partial charge < -0.3 is 15.0 Å². The zero-order valence-electron chi connectivity index (χ0n) is 11.9. The van der Waals surface area contributed by atoms with E-state index in [9.17, 15) is 0 Å². The molecule has 2 N–H and O–H groups in total. The molecule has 0 saturated carbocycles. The molecule has 1 aromatic carbocycles. The third-order valence-corrected chi connectivity index (χ3v) is 3.51. The molecule has 0 spiro atoms. The van der Waals surface area contributed by atoms with E-state index in [1.165, 1.54) is 0 Å². The predicted molar refractivity (Wildman–Crippen MR) is 81.8 cm³/mol. The Morgan fingerprint density at radius 2 is 2.14 bits per heavy atom. The van der Waals surface area contributed by atoms with Crippen LogP contribution in [0.1, 0.15) is 30.6 Å². The lowest BCUT2D eigenvalue weighted by Crippen LogP contribution is -2.21. The number of benzene rings is 1. The van der Waals surface area contributed by atoms with E-state index in [1.807, 2.05) is 13.0 Å². The van der Waals surface area contributed by atoms with Crippen LogP contribution >= 0.6 is 23.2 Å². The minimum atomic E-state index is 0.0225. The van der Waals surface area contributed by atoms with Gasteiger partial charge in [-0.25, -0.2) is 0 Å². The number of halogens is 2. The Bertz CT molecular complexity index is 616. The molecule has 1 aromatic heterocycles. The van der Waals surface area contributed by atoms with Crippen molar-refractivity contribution in [1.29, 1.82) is 0 Å². The summed E-state index contributed by atoms with van der Waals surface area (Å²) in [5.74, 6) is 1.51. The van der Waals surface area contributed by atoms with Crippen LogP contribution in [0.4, 0.5) is 0 Å². The van der Waals surface area contributed by atoms with Crippen LogP contribution < -0.4 is 10.5 Å². The van der Waals surface area contributed by atoms with Gasteiger partial charge in [-0.05, 0) is 30.5 Å². The highest BCUT2D eigenvalue weighted by atomic mass is 35.5. The van der Waals surface area contributed by atoms with Crippen LogP contribution in [0.15, 0.2) is 16.7 Å². The summed E-state index contributed by atoms with van der Waals surface area (Å²) in [4.78, 5) is 4.08. The lowest BCUT2D eigenvalue weighted by molar-refractivity contribution is 0.282. The van der Waals surface area contributed by atoms with Gasteiger partial charge in [0.1, 0.15) is 5.75 Å². The highest BCUT2D eigenvalue weighted by Crippen LogP contribution is 2.33. The van der Waals surface area contributed by atoms with Gasteiger partial charge in [-0.2, -0.15) is 4.98 Å². The zero-order chi connectivity index (χ0) is 15.4. The van der Waals surface area contributed by atoms with Gasteiger partial charge in [0.25, 0.3) is 0 Å². The van der Waals surface area contributed by atoms with Gasteiger partial charge in [0.15, 0.2) is 6.61 Å². The lowest BCUT2D eigenvalue weighted by atomic mass is 10.0. The summed E-state index contributed by atoms with van der Waals surface area (Å²) in [5, 5.41) is 4.78. The predicted octanol–water partition coefficient (Wildman–Crippen LogP) is 3.54. The average Bonchev–Trinajstić information content (AvgIpc) is 2.83. The fourth-order valence-corrected chi connectivity index (χ4v) is 2.48. The Morgan fingerprint density at radius 1 is 1.38 bits per heavy atom. The first-order valence-corrected chi connectivity index (χ1v) is 7.40. The number of aromatic nitrogens is 2. The lowest BCUT2D eigenvalue weighted by Gasteiger charge is -2.15. The highest BCUT2D eigenvalue weighted by Gasteiger charge is 2.14. The van der Waals surface area contributed by atoms with Crippen molar-refractivity contribution in [2.24, 2.45) is 5.73 Å². The number of rotatable bonds is 6. The molecule has 0 fully saturated rings. The van der Waals surface area contributed by atoms with Crippen LogP contribution in [-0.4, -0.2) is 16.2 Å². The molecule has 5 nitrogen and oxygen atoms in total. The average molecular weight is 330 g/mol. The van der Waals surface area contributed by atoms with Crippen LogP contribution in [0.2, 0.25) is 10.0 Å². The van der Waals surface area contributed by atoms with Crippen LogP contribution in [0, 0.1) is 6.92 Å². The molecule has 2 rings (SSSR count). The summed E-state index contributed by atoms with van der Waals surface area (Å²) in [6.07, 6.45) is 1.49. The van der Waals surface area contributed by atoms with Gasteiger partial charge in [-0.15, -0.1) is 0 Å². The van der Waals surface area contributed by atoms with E-state index in [-0.39, 0.29) is 12.6 Å².